The minimum atomic E-state index is -0.339. The lowest BCUT2D eigenvalue weighted by molar-refractivity contribution is 0.618. The Kier molecular flexibility index (Phi) is 2.48. The molecule has 2 aromatic heterocycles. The molecule has 4 nitrogen and oxygen atoms in total. The van der Waals surface area contributed by atoms with E-state index in [-0.39, 0.29) is 11.8 Å². The minimum Gasteiger partial charge on any atom is -0.369 e. The van der Waals surface area contributed by atoms with Crippen LogP contribution < -0.4 is 5.73 Å². The number of aromatic nitrogens is 3. The zero-order valence-electron chi connectivity index (χ0n) is 10.7. The highest BCUT2D eigenvalue weighted by atomic mass is 19.1. The number of nitrogens with zero attached hydrogens (tertiary/aromatic N) is 3. The molecule has 0 saturated carbocycles. The van der Waals surface area contributed by atoms with E-state index < -0.39 is 0 Å². The van der Waals surface area contributed by atoms with E-state index in [4.69, 9.17) is 5.73 Å². The monoisotopic (exact) mass is 256 g/mol. The van der Waals surface area contributed by atoms with Crippen molar-refractivity contribution in [2.45, 2.75) is 13.8 Å². The summed E-state index contributed by atoms with van der Waals surface area (Å²) in [6.07, 6.45) is 1.72. The third-order valence-electron chi connectivity index (χ3n) is 3.07. The fourth-order valence-electron chi connectivity index (χ4n) is 2.21. The predicted octanol–water partition coefficient (Wildman–Crippen LogP) is 2.76. The first kappa shape index (κ1) is 11.6. The molecule has 0 amide bonds. The standard InChI is InChI=1S/C14H13FN4/c1-8-6-11-13(17-7-8)19(14(16)18-11)12-9(2)4-3-5-10(12)15/h3-7H,1-2H3,(H2,16,18). The average Bonchev–Trinajstić information content (AvgIpc) is 2.65. The van der Waals surface area contributed by atoms with Crippen LogP contribution in [-0.2, 0) is 0 Å². The number of anilines is 1. The molecule has 0 atom stereocenters. The third kappa shape index (κ3) is 1.74. The van der Waals surface area contributed by atoms with Gasteiger partial charge in [-0.25, -0.2) is 14.4 Å². The first-order valence-electron chi connectivity index (χ1n) is 5.94. The van der Waals surface area contributed by atoms with Crippen molar-refractivity contribution >= 4 is 17.1 Å². The molecule has 0 fully saturated rings. The molecule has 0 aliphatic heterocycles. The highest BCUT2D eigenvalue weighted by Crippen LogP contribution is 2.26. The smallest absolute Gasteiger partial charge is 0.207 e. The van der Waals surface area contributed by atoms with Crippen LogP contribution >= 0.6 is 0 Å². The molecule has 3 rings (SSSR count). The molecule has 0 spiro atoms. The van der Waals surface area contributed by atoms with Gasteiger partial charge in [0, 0.05) is 6.20 Å². The summed E-state index contributed by atoms with van der Waals surface area (Å²) in [4.78, 5) is 8.56. The Morgan fingerprint density at radius 1 is 1.26 bits per heavy atom. The lowest BCUT2D eigenvalue weighted by Crippen LogP contribution is -2.05. The maximum Gasteiger partial charge on any atom is 0.207 e. The number of nitrogen functional groups attached to an aromatic ring is 1. The van der Waals surface area contributed by atoms with Gasteiger partial charge in [-0.2, -0.15) is 0 Å². The summed E-state index contributed by atoms with van der Waals surface area (Å²) in [7, 11) is 0. The lowest BCUT2D eigenvalue weighted by atomic mass is 10.2. The summed E-state index contributed by atoms with van der Waals surface area (Å²) in [6, 6.07) is 6.78. The maximum absolute atomic E-state index is 14.1. The number of para-hydroxylation sites is 1. The van der Waals surface area contributed by atoms with Gasteiger partial charge in [0.05, 0.1) is 5.69 Å². The number of fused-ring (bicyclic) bond motifs is 1. The van der Waals surface area contributed by atoms with Crippen molar-refractivity contribution in [1.82, 2.24) is 14.5 Å². The number of aryl methyl sites for hydroxylation is 2. The van der Waals surface area contributed by atoms with Crippen molar-refractivity contribution in [3.8, 4) is 5.69 Å². The zero-order chi connectivity index (χ0) is 13.6. The van der Waals surface area contributed by atoms with E-state index in [2.05, 4.69) is 9.97 Å². The SMILES string of the molecule is Cc1cnc2c(c1)nc(N)n2-c1c(C)cccc1F. The van der Waals surface area contributed by atoms with E-state index in [1.807, 2.05) is 26.0 Å². The van der Waals surface area contributed by atoms with Crippen LogP contribution in [0.2, 0.25) is 0 Å². The van der Waals surface area contributed by atoms with Gasteiger partial charge in [-0.05, 0) is 37.1 Å². The maximum atomic E-state index is 14.1. The van der Waals surface area contributed by atoms with E-state index in [0.29, 0.717) is 16.9 Å². The van der Waals surface area contributed by atoms with Crippen LogP contribution in [0.5, 0.6) is 0 Å². The Balaban J connectivity index is 2.40. The second-order valence-electron chi connectivity index (χ2n) is 4.57. The zero-order valence-corrected chi connectivity index (χ0v) is 10.7. The van der Waals surface area contributed by atoms with Crippen LogP contribution in [-0.4, -0.2) is 14.5 Å². The van der Waals surface area contributed by atoms with Crippen molar-refractivity contribution in [3.05, 3.63) is 47.4 Å². The number of pyridine rings is 1. The number of imidazole rings is 1. The van der Waals surface area contributed by atoms with Crippen LogP contribution in [0.15, 0.2) is 30.5 Å². The average molecular weight is 256 g/mol. The molecule has 96 valence electrons. The van der Waals surface area contributed by atoms with Gasteiger partial charge < -0.3 is 5.73 Å². The Bertz CT molecular complexity index is 756. The van der Waals surface area contributed by atoms with Gasteiger partial charge in [-0.3, -0.25) is 4.57 Å². The summed E-state index contributed by atoms with van der Waals surface area (Å²) in [5.41, 5.74) is 9.33. The third-order valence-corrected chi connectivity index (χ3v) is 3.07. The van der Waals surface area contributed by atoms with Crippen molar-refractivity contribution in [3.63, 3.8) is 0 Å². The van der Waals surface area contributed by atoms with Crippen LogP contribution in [0, 0.1) is 19.7 Å². The highest BCUT2D eigenvalue weighted by Gasteiger charge is 2.16. The van der Waals surface area contributed by atoms with Crippen molar-refractivity contribution in [1.29, 1.82) is 0 Å². The molecule has 2 N–H and O–H groups in total. The molecule has 0 unspecified atom stereocenters. The Hall–Kier alpha value is -2.43. The fraction of sp³-hybridized carbons (Fsp3) is 0.143. The molecule has 0 saturated heterocycles. The van der Waals surface area contributed by atoms with Crippen LogP contribution in [0.3, 0.4) is 0 Å². The number of hydrogen-bond acceptors (Lipinski definition) is 3. The van der Waals surface area contributed by atoms with Gasteiger partial charge in [-0.15, -0.1) is 0 Å². The van der Waals surface area contributed by atoms with E-state index in [9.17, 15) is 4.39 Å². The summed E-state index contributed by atoms with van der Waals surface area (Å²) in [5.74, 6) is -0.102. The topological polar surface area (TPSA) is 56.7 Å². The summed E-state index contributed by atoms with van der Waals surface area (Å²) in [5, 5.41) is 0. The summed E-state index contributed by atoms with van der Waals surface area (Å²) >= 11 is 0. The van der Waals surface area contributed by atoms with Gasteiger partial charge in [0.1, 0.15) is 11.3 Å². The largest absolute Gasteiger partial charge is 0.369 e. The van der Waals surface area contributed by atoms with Crippen LogP contribution in [0.25, 0.3) is 16.9 Å². The van der Waals surface area contributed by atoms with E-state index in [1.54, 1.807) is 16.8 Å². The van der Waals surface area contributed by atoms with Crippen molar-refractivity contribution in [2.24, 2.45) is 0 Å². The van der Waals surface area contributed by atoms with Gasteiger partial charge in [0.15, 0.2) is 5.65 Å². The van der Waals surface area contributed by atoms with E-state index >= 15 is 0 Å². The summed E-state index contributed by atoms with van der Waals surface area (Å²) in [6.45, 7) is 3.76. The Labute approximate surface area is 109 Å². The first-order chi connectivity index (χ1) is 9.08. The Morgan fingerprint density at radius 3 is 2.79 bits per heavy atom. The predicted molar refractivity (Wildman–Crippen MR) is 72.7 cm³/mol. The van der Waals surface area contributed by atoms with E-state index in [0.717, 1.165) is 11.1 Å². The molecule has 0 aliphatic carbocycles. The van der Waals surface area contributed by atoms with Crippen LogP contribution in [0.1, 0.15) is 11.1 Å². The van der Waals surface area contributed by atoms with Gasteiger partial charge in [0.2, 0.25) is 5.95 Å². The van der Waals surface area contributed by atoms with Gasteiger partial charge >= 0.3 is 0 Å². The lowest BCUT2D eigenvalue weighted by Gasteiger charge is -2.10. The number of halogens is 1. The molecule has 0 aliphatic rings. The van der Waals surface area contributed by atoms with Gasteiger partial charge in [-0.1, -0.05) is 12.1 Å². The number of hydrogen-bond donors (Lipinski definition) is 1. The van der Waals surface area contributed by atoms with E-state index in [1.165, 1.54) is 6.07 Å². The van der Waals surface area contributed by atoms with Crippen molar-refractivity contribution < 1.29 is 4.39 Å². The number of benzene rings is 1. The molecule has 5 heteroatoms. The van der Waals surface area contributed by atoms with Gasteiger partial charge in [0.25, 0.3) is 0 Å². The molecule has 19 heavy (non-hydrogen) atoms. The normalized spacial score (nSPS) is 11.1. The highest BCUT2D eigenvalue weighted by molar-refractivity contribution is 5.77. The number of rotatable bonds is 1. The fourth-order valence-corrected chi connectivity index (χ4v) is 2.21. The number of nitrogens with two attached hydrogens (primary N) is 1. The van der Waals surface area contributed by atoms with Crippen molar-refractivity contribution in [2.75, 3.05) is 5.73 Å². The quantitative estimate of drug-likeness (QED) is 0.728. The molecule has 1 aromatic carbocycles. The second kappa shape index (κ2) is 4.05. The molecule has 0 bridgehead atoms. The summed E-state index contributed by atoms with van der Waals surface area (Å²) < 4.78 is 15.6. The molecular formula is C14H13FN4. The molecule has 3 aromatic rings. The molecule has 0 radical (unpaired) electrons. The first-order valence-corrected chi connectivity index (χ1v) is 5.94. The second-order valence-corrected chi connectivity index (χ2v) is 4.57. The minimum absolute atomic E-state index is 0.237. The van der Waals surface area contributed by atoms with Crippen LogP contribution in [0.4, 0.5) is 10.3 Å². The molecule has 2 heterocycles. The Morgan fingerprint density at radius 2 is 2.05 bits per heavy atom. The molecular weight excluding hydrogens is 243 g/mol.